The summed E-state index contributed by atoms with van der Waals surface area (Å²) in [6, 6.07) is 0. The molecule has 0 aromatic heterocycles. The van der Waals surface area contributed by atoms with Crippen molar-refractivity contribution in [2.75, 3.05) is 13.1 Å². The monoisotopic (exact) mass is 215 g/mol. The van der Waals surface area contributed by atoms with Gasteiger partial charge < -0.3 is 9.84 Å². The van der Waals surface area contributed by atoms with E-state index in [0.717, 1.165) is 32.4 Å². The summed E-state index contributed by atoms with van der Waals surface area (Å²) < 4.78 is 5.85. The van der Waals surface area contributed by atoms with Crippen molar-refractivity contribution in [1.29, 1.82) is 0 Å². The summed E-state index contributed by atoms with van der Waals surface area (Å²) in [4.78, 5) is 2.02. The molecular formula is C12H25NO2. The fraction of sp³-hybridized carbons (Fsp3) is 1.00. The van der Waals surface area contributed by atoms with Gasteiger partial charge in [-0.3, -0.25) is 4.90 Å². The van der Waals surface area contributed by atoms with E-state index in [9.17, 15) is 5.11 Å². The zero-order valence-electron chi connectivity index (χ0n) is 10.3. The zero-order chi connectivity index (χ0) is 11.3. The van der Waals surface area contributed by atoms with Crippen LogP contribution in [-0.2, 0) is 4.74 Å². The fourth-order valence-electron chi connectivity index (χ4n) is 2.26. The van der Waals surface area contributed by atoms with E-state index in [1.54, 1.807) is 0 Å². The molecule has 3 nitrogen and oxygen atoms in total. The van der Waals surface area contributed by atoms with E-state index in [4.69, 9.17) is 4.74 Å². The molecular weight excluding hydrogens is 190 g/mol. The highest BCUT2D eigenvalue weighted by Crippen LogP contribution is 2.27. The smallest absolute Gasteiger partial charge is 0.216 e. The topological polar surface area (TPSA) is 32.7 Å². The van der Waals surface area contributed by atoms with Crippen LogP contribution in [0.3, 0.4) is 0 Å². The highest BCUT2D eigenvalue weighted by Gasteiger charge is 2.31. The first kappa shape index (κ1) is 12.9. The van der Waals surface area contributed by atoms with Crippen LogP contribution in [0.25, 0.3) is 0 Å². The summed E-state index contributed by atoms with van der Waals surface area (Å²) in [6.07, 6.45) is 4.54. The van der Waals surface area contributed by atoms with Crippen molar-refractivity contribution in [3.63, 3.8) is 0 Å². The van der Waals surface area contributed by atoms with Gasteiger partial charge in [0, 0.05) is 13.1 Å². The van der Waals surface area contributed by atoms with Crippen molar-refractivity contribution in [1.82, 2.24) is 4.90 Å². The van der Waals surface area contributed by atoms with Crippen LogP contribution >= 0.6 is 0 Å². The molecule has 0 radical (unpaired) electrons. The van der Waals surface area contributed by atoms with Crippen LogP contribution in [0.15, 0.2) is 0 Å². The van der Waals surface area contributed by atoms with Crippen molar-refractivity contribution in [3.05, 3.63) is 0 Å². The number of likely N-dealkylation sites (tertiary alicyclic amines) is 1. The van der Waals surface area contributed by atoms with Crippen LogP contribution in [0.2, 0.25) is 0 Å². The number of ether oxygens (including phenoxy) is 1. The van der Waals surface area contributed by atoms with E-state index in [2.05, 4.69) is 20.8 Å². The van der Waals surface area contributed by atoms with E-state index < -0.39 is 6.41 Å². The van der Waals surface area contributed by atoms with Gasteiger partial charge in [0.05, 0.1) is 5.60 Å². The highest BCUT2D eigenvalue weighted by atomic mass is 16.6. The zero-order valence-corrected chi connectivity index (χ0v) is 10.3. The minimum atomic E-state index is -0.702. The lowest BCUT2D eigenvalue weighted by Gasteiger charge is -2.36. The van der Waals surface area contributed by atoms with E-state index in [-0.39, 0.29) is 5.60 Å². The Morgan fingerprint density at radius 1 is 1.13 bits per heavy atom. The Labute approximate surface area is 93.4 Å². The molecule has 3 heteroatoms. The molecule has 1 atom stereocenters. The van der Waals surface area contributed by atoms with Gasteiger partial charge in [0.25, 0.3) is 0 Å². The van der Waals surface area contributed by atoms with Crippen molar-refractivity contribution < 1.29 is 9.84 Å². The van der Waals surface area contributed by atoms with E-state index in [1.807, 2.05) is 4.90 Å². The van der Waals surface area contributed by atoms with Crippen molar-refractivity contribution in [2.45, 2.75) is 64.9 Å². The third-order valence-electron chi connectivity index (χ3n) is 3.74. The first-order valence-electron chi connectivity index (χ1n) is 6.27. The normalized spacial score (nSPS) is 20.8. The van der Waals surface area contributed by atoms with Gasteiger partial charge in [-0.15, -0.1) is 0 Å². The van der Waals surface area contributed by atoms with Crippen LogP contribution in [0.4, 0.5) is 0 Å². The second kappa shape index (κ2) is 5.83. The summed E-state index contributed by atoms with van der Waals surface area (Å²) in [5.74, 6) is 0. The molecule has 90 valence electrons. The summed E-state index contributed by atoms with van der Waals surface area (Å²) >= 11 is 0. The van der Waals surface area contributed by atoms with Crippen LogP contribution in [0, 0.1) is 0 Å². The Balaban J connectivity index is 2.49. The molecule has 0 amide bonds. The largest absolute Gasteiger partial charge is 0.356 e. The summed E-state index contributed by atoms with van der Waals surface area (Å²) in [5.41, 5.74) is -0.137. The average Bonchev–Trinajstić information content (AvgIpc) is 2.79. The first-order chi connectivity index (χ1) is 7.17. The van der Waals surface area contributed by atoms with Gasteiger partial charge in [-0.2, -0.15) is 0 Å². The molecule has 1 rings (SSSR count). The van der Waals surface area contributed by atoms with Crippen LogP contribution < -0.4 is 0 Å². The number of aliphatic hydroxyl groups excluding tert-OH is 1. The quantitative estimate of drug-likeness (QED) is 0.690. The molecule has 0 spiro atoms. The highest BCUT2D eigenvalue weighted by molar-refractivity contribution is 4.77. The maximum absolute atomic E-state index is 9.98. The molecule has 1 N–H and O–H groups in total. The molecule has 0 aliphatic carbocycles. The van der Waals surface area contributed by atoms with Gasteiger partial charge in [0.15, 0.2) is 0 Å². The van der Waals surface area contributed by atoms with Gasteiger partial charge in [-0.25, -0.2) is 0 Å². The molecule has 1 unspecified atom stereocenters. The molecule has 1 aliphatic rings. The molecule has 1 heterocycles. The van der Waals surface area contributed by atoms with Crippen molar-refractivity contribution in [2.24, 2.45) is 0 Å². The molecule has 0 bridgehead atoms. The van der Waals surface area contributed by atoms with Crippen LogP contribution in [-0.4, -0.2) is 35.1 Å². The number of hydrogen-bond acceptors (Lipinski definition) is 3. The maximum atomic E-state index is 9.98. The van der Waals surface area contributed by atoms with Gasteiger partial charge in [-0.1, -0.05) is 20.8 Å². The SMILES string of the molecule is CCC(CC)(CC)OC(O)N1CCCC1. The average molecular weight is 215 g/mol. The Kier molecular flexibility index (Phi) is 5.03. The molecule has 1 fully saturated rings. The van der Waals surface area contributed by atoms with Crippen molar-refractivity contribution >= 4 is 0 Å². The first-order valence-corrected chi connectivity index (χ1v) is 6.27. The lowest BCUT2D eigenvalue weighted by Crippen LogP contribution is -2.43. The lowest BCUT2D eigenvalue weighted by atomic mass is 9.94. The van der Waals surface area contributed by atoms with Gasteiger partial charge in [-0.05, 0) is 32.1 Å². The number of hydrogen-bond donors (Lipinski definition) is 1. The Hall–Kier alpha value is -0.120. The Morgan fingerprint density at radius 3 is 2.00 bits per heavy atom. The van der Waals surface area contributed by atoms with E-state index in [0.29, 0.717) is 0 Å². The van der Waals surface area contributed by atoms with Crippen molar-refractivity contribution in [3.8, 4) is 0 Å². The fourth-order valence-corrected chi connectivity index (χ4v) is 2.26. The molecule has 0 saturated carbocycles. The third-order valence-corrected chi connectivity index (χ3v) is 3.74. The molecule has 1 aliphatic heterocycles. The minimum absolute atomic E-state index is 0.137. The number of nitrogens with zero attached hydrogens (tertiary/aromatic N) is 1. The molecule has 1 saturated heterocycles. The summed E-state index contributed by atoms with van der Waals surface area (Å²) in [6.45, 7) is 8.32. The summed E-state index contributed by atoms with van der Waals surface area (Å²) in [7, 11) is 0. The standard InChI is InChI=1S/C12H25NO2/c1-4-12(5-2,6-3)15-11(14)13-9-7-8-10-13/h11,14H,4-10H2,1-3H3. The maximum Gasteiger partial charge on any atom is 0.216 e. The molecule has 0 aromatic rings. The Morgan fingerprint density at radius 2 is 1.60 bits per heavy atom. The van der Waals surface area contributed by atoms with Crippen LogP contribution in [0.1, 0.15) is 52.9 Å². The van der Waals surface area contributed by atoms with Gasteiger partial charge in [0.1, 0.15) is 0 Å². The molecule has 15 heavy (non-hydrogen) atoms. The Bertz CT molecular complexity index is 166. The second-order valence-corrected chi connectivity index (χ2v) is 4.43. The molecule has 0 aromatic carbocycles. The van der Waals surface area contributed by atoms with Gasteiger partial charge in [0.2, 0.25) is 6.41 Å². The van der Waals surface area contributed by atoms with Crippen LogP contribution in [0.5, 0.6) is 0 Å². The third kappa shape index (κ3) is 3.16. The number of rotatable bonds is 6. The van der Waals surface area contributed by atoms with E-state index >= 15 is 0 Å². The van der Waals surface area contributed by atoms with E-state index in [1.165, 1.54) is 12.8 Å². The predicted molar refractivity (Wildman–Crippen MR) is 61.5 cm³/mol. The predicted octanol–water partition coefficient (Wildman–Crippen LogP) is 2.34. The number of aliphatic hydroxyl groups is 1. The van der Waals surface area contributed by atoms with Gasteiger partial charge >= 0.3 is 0 Å². The minimum Gasteiger partial charge on any atom is -0.356 e. The summed E-state index contributed by atoms with van der Waals surface area (Å²) in [5, 5.41) is 9.98. The lowest BCUT2D eigenvalue weighted by molar-refractivity contribution is -0.251. The second-order valence-electron chi connectivity index (χ2n) is 4.43.